The fourth-order valence-corrected chi connectivity index (χ4v) is 3.75. The molecule has 3 N–H and O–H groups in total. The summed E-state index contributed by atoms with van der Waals surface area (Å²) < 4.78 is 0. The molecule has 28 heavy (non-hydrogen) atoms. The van der Waals surface area contributed by atoms with Crippen LogP contribution in [0.5, 0.6) is 5.75 Å². The van der Waals surface area contributed by atoms with Crippen LogP contribution in [0.1, 0.15) is 28.8 Å². The average molecular weight is 378 g/mol. The fraction of sp³-hybridized carbons (Fsp3) is 0.364. The van der Waals surface area contributed by atoms with Crippen LogP contribution in [-0.4, -0.2) is 55.0 Å². The number of carbonyl (C=O) groups excluding carboxylic acids is 1. The van der Waals surface area contributed by atoms with Gasteiger partial charge in [0.05, 0.1) is 6.54 Å². The summed E-state index contributed by atoms with van der Waals surface area (Å²) >= 11 is 0. The van der Waals surface area contributed by atoms with E-state index in [4.69, 9.17) is 4.99 Å². The van der Waals surface area contributed by atoms with Crippen molar-refractivity contribution in [3.63, 3.8) is 0 Å². The third-order valence-electron chi connectivity index (χ3n) is 5.32. The highest BCUT2D eigenvalue weighted by Gasteiger charge is 2.20. The van der Waals surface area contributed by atoms with Gasteiger partial charge in [-0.1, -0.05) is 18.2 Å². The quantitative estimate of drug-likeness (QED) is 0.647. The van der Waals surface area contributed by atoms with Crippen molar-refractivity contribution in [3.05, 3.63) is 59.3 Å². The van der Waals surface area contributed by atoms with E-state index in [9.17, 15) is 9.90 Å². The summed E-state index contributed by atoms with van der Waals surface area (Å²) in [6.07, 6.45) is 10.6. The summed E-state index contributed by atoms with van der Waals surface area (Å²) in [5.41, 5.74) is 3.27. The lowest BCUT2D eigenvalue weighted by molar-refractivity contribution is 0.0949. The van der Waals surface area contributed by atoms with Crippen LogP contribution < -0.4 is 10.6 Å². The smallest absolute Gasteiger partial charge is 0.251 e. The Morgan fingerprint density at radius 2 is 2.07 bits per heavy atom. The average Bonchev–Trinajstić information content (AvgIpc) is 2.99. The molecule has 3 aliphatic rings. The van der Waals surface area contributed by atoms with Crippen LogP contribution in [0.3, 0.4) is 0 Å². The fourth-order valence-electron chi connectivity index (χ4n) is 3.75. The van der Waals surface area contributed by atoms with E-state index >= 15 is 0 Å². The van der Waals surface area contributed by atoms with Crippen LogP contribution in [0.25, 0.3) is 5.57 Å². The van der Waals surface area contributed by atoms with Crippen molar-refractivity contribution in [2.75, 3.05) is 33.2 Å². The van der Waals surface area contributed by atoms with Gasteiger partial charge in [0.25, 0.3) is 5.91 Å². The molecule has 1 unspecified atom stereocenters. The zero-order valence-corrected chi connectivity index (χ0v) is 16.1. The molecule has 1 aliphatic carbocycles. The second-order valence-electron chi connectivity index (χ2n) is 7.52. The molecule has 0 saturated heterocycles. The maximum absolute atomic E-state index is 12.6. The summed E-state index contributed by atoms with van der Waals surface area (Å²) in [6, 6.07) is 5.08. The molecule has 0 fully saturated rings. The van der Waals surface area contributed by atoms with Crippen LogP contribution in [0.4, 0.5) is 0 Å². The number of likely N-dealkylation sites (N-methyl/N-ethyl adjacent to an activating group) is 1. The van der Waals surface area contributed by atoms with E-state index in [1.165, 1.54) is 6.07 Å². The normalized spacial score (nSPS) is 23.1. The first-order valence-electron chi connectivity index (χ1n) is 9.82. The molecule has 0 aromatic heterocycles. The molecule has 1 atom stereocenters. The van der Waals surface area contributed by atoms with Gasteiger partial charge in [0.15, 0.2) is 0 Å². The van der Waals surface area contributed by atoms with Gasteiger partial charge in [-0.15, -0.1) is 0 Å². The van der Waals surface area contributed by atoms with Gasteiger partial charge in [0, 0.05) is 36.5 Å². The lowest BCUT2D eigenvalue weighted by Crippen LogP contribution is -2.34. The molecule has 6 nitrogen and oxygen atoms in total. The third-order valence-corrected chi connectivity index (χ3v) is 5.32. The molecule has 1 aromatic rings. The molecule has 6 heteroatoms. The molecule has 0 spiro atoms. The van der Waals surface area contributed by atoms with Crippen LogP contribution in [0.2, 0.25) is 0 Å². The number of phenols is 1. The van der Waals surface area contributed by atoms with Crippen molar-refractivity contribution in [1.82, 2.24) is 15.5 Å². The number of aliphatic imine (C=N–C) groups is 1. The Hall–Kier alpha value is -2.86. The standard InChI is InChI=1S/C22H26N4O2/c1-26-9-7-23-21-6-5-15-3-2-4-19(20(11-15)25-21)16-12-17(14-18(27)13-16)22(28)24-8-10-26/h4-6,11-15,27H,2-3,7-10H2,1H3,(H,23,25)(H,24,28). The first-order chi connectivity index (χ1) is 13.6. The van der Waals surface area contributed by atoms with Crippen LogP contribution in [0, 0.1) is 5.92 Å². The van der Waals surface area contributed by atoms with Gasteiger partial charge in [0.1, 0.15) is 11.6 Å². The monoisotopic (exact) mass is 378 g/mol. The SMILES string of the molecule is CN1CCN=C2C=CC3C=C(N2)C(=CCC3)c2cc(O)cc(c2)C(=O)NCC1. The number of amidine groups is 1. The van der Waals surface area contributed by atoms with E-state index in [0.717, 1.165) is 48.6 Å². The topological polar surface area (TPSA) is 77.0 Å². The van der Waals surface area contributed by atoms with Gasteiger partial charge in [-0.25, -0.2) is 0 Å². The summed E-state index contributed by atoms with van der Waals surface area (Å²) in [7, 11) is 2.02. The summed E-state index contributed by atoms with van der Waals surface area (Å²) in [4.78, 5) is 19.5. The van der Waals surface area contributed by atoms with Crippen LogP contribution in [-0.2, 0) is 0 Å². The predicted octanol–water partition coefficient (Wildman–Crippen LogP) is 2.30. The molecule has 0 saturated carbocycles. The molecular formula is C22H26N4O2. The third kappa shape index (κ3) is 4.17. The van der Waals surface area contributed by atoms with Gasteiger partial charge in [0.2, 0.25) is 0 Å². The molecule has 1 amide bonds. The minimum atomic E-state index is -0.172. The Morgan fingerprint density at radius 3 is 2.96 bits per heavy atom. The maximum atomic E-state index is 12.6. The van der Waals surface area contributed by atoms with Gasteiger partial charge >= 0.3 is 0 Å². The zero-order valence-electron chi connectivity index (χ0n) is 16.1. The van der Waals surface area contributed by atoms with Gasteiger partial charge in [-0.3, -0.25) is 9.79 Å². The van der Waals surface area contributed by atoms with Gasteiger partial charge in [-0.2, -0.15) is 0 Å². The second kappa shape index (κ2) is 8.02. The lowest BCUT2D eigenvalue weighted by atomic mass is 9.98. The molecular weight excluding hydrogens is 352 g/mol. The first-order valence-corrected chi connectivity index (χ1v) is 9.82. The molecule has 146 valence electrons. The second-order valence-corrected chi connectivity index (χ2v) is 7.52. The van der Waals surface area contributed by atoms with Crippen LogP contribution in [0.15, 0.2) is 53.2 Å². The summed E-state index contributed by atoms with van der Waals surface area (Å²) in [5, 5.41) is 16.7. The van der Waals surface area contributed by atoms with Crippen molar-refractivity contribution in [3.8, 4) is 5.75 Å². The highest BCUT2D eigenvalue weighted by molar-refractivity contribution is 5.99. The molecule has 1 aromatic carbocycles. The number of nitrogens with zero attached hydrogens (tertiary/aromatic N) is 2. The number of amides is 1. The van der Waals surface area contributed by atoms with Crippen molar-refractivity contribution < 1.29 is 9.90 Å². The number of hydrogen-bond donors (Lipinski definition) is 3. The zero-order chi connectivity index (χ0) is 19.5. The van der Waals surface area contributed by atoms with E-state index in [2.05, 4.69) is 39.8 Å². The Balaban J connectivity index is 1.78. The molecule has 0 radical (unpaired) electrons. The van der Waals surface area contributed by atoms with Crippen molar-refractivity contribution >= 4 is 17.3 Å². The minimum Gasteiger partial charge on any atom is -0.508 e. The van der Waals surface area contributed by atoms with Crippen molar-refractivity contribution in [1.29, 1.82) is 0 Å². The summed E-state index contributed by atoms with van der Waals surface area (Å²) in [6.45, 7) is 2.78. The molecule has 2 heterocycles. The van der Waals surface area contributed by atoms with E-state index in [-0.39, 0.29) is 11.7 Å². The Labute approximate surface area is 165 Å². The minimum absolute atomic E-state index is 0.0898. The number of allylic oxidation sites excluding steroid dienone is 4. The number of benzene rings is 1. The lowest BCUT2D eigenvalue weighted by Gasteiger charge is -2.16. The number of fused-ring (bicyclic) bond motifs is 5. The Kier molecular flexibility index (Phi) is 5.30. The number of aromatic hydroxyl groups is 1. The van der Waals surface area contributed by atoms with E-state index < -0.39 is 0 Å². The highest BCUT2D eigenvalue weighted by atomic mass is 16.3. The number of hydrogen-bond acceptors (Lipinski definition) is 5. The van der Waals surface area contributed by atoms with E-state index in [0.29, 0.717) is 24.6 Å². The number of phenolic OH excluding ortho intramolecular Hbond substituents is 1. The number of nitrogens with one attached hydrogen (secondary N) is 2. The first kappa shape index (κ1) is 18.5. The van der Waals surface area contributed by atoms with E-state index in [1.54, 1.807) is 6.07 Å². The Morgan fingerprint density at radius 1 is 1.21 bits per heavy atom. The summed E-state index contributed by atoms with van der Waals surface area (Å²) in [5.74, 6) is 1.10. The maximum Gasteiger partial charge on any atom is 0.251 e. The molecule has 5 bridgehead atoms. The largest absolute Gasteiger partial charge is 0.508 e. The predicted molar refractivity (Wildman–Crippen MR) is 111 cm³/mol. The van der Waals surface area contributed by atoms with Gasteiger partial charge < -0.3 is 20.6 Å². The molecule has 4 rings (SSSR count). The van der Waals surface area contributed by atoms with Crippen molar-refractivity contribution in [2.24, 2.45) is 10.9 Å². The highest BCUT2D eigenvalue weighted by Crippen LogP contribution is 2.32. The van der Waals surface area contributed by atoms with Crippen LogP contribution >= 0.6 is 0 Å². The van der Waals surface area contributed by atoms with E-state index in [1.807, 2.05) is 13.1 Å². The molecule has 2 aliphatic heterocycles. The Bertz CT molecular complexity index is 898. The number of rotatable bonds is 0. The van der Waals surface area contributed by atoms with Crippen molar-refractivity contribution in [2.45, 2.75) is 12.8 Å². The number of carbonyl (C=O) groups is 1. The van der Waals surface area contributed by atoms with Gasteiger partial charge in [-0.05, 0) is 55.6 Å².